The quantitative estimate of drug-likeness (QED) is 0.861. The summed E-state index contributed by atoms with van der Waals surface area (Å²) in [6.45, 7) is 8.96. The lowest BCUT2D eigenvalue weighted by atomic mass is 9.92. The molecule has 1 unspecified atom stereocenters. The van der Waals surface area contributed by atoms with Gasteiger partial charge in [0.2, 0.25) is 5.91 Å². The van der Waals surface area contributed by atoms with Crippen molar-refractivity contribution in [3.05, 3.63) is 57.8 Å². The number of hydrogen-bond donors (Lipinski definition) is 1. The number of nitrogens with zero attached hydrogens (tertiary/aromatic N) is 1. The van der Waals surface area contributed by atoms with E-state index in [0.29, 0.717) is 13.0 Å². The standard InChI is InChI=1S/C21H28N2OS/c1-21(2,3)12-20(24)22-13-19(18-9-11-25-15-18)23-10-8-16-6-4-5-7-17(16)14-23/h4-7,9,11,15,19H,8,10,12-14H2,1-3H3,(H,22,24). The van der Waals surface area contributed by atoms with Gasteiger partial charge < -0.3 is 5.32 Å². The topological polar surface area (TPSA) is 32.3 Å². The number of rotatable bonds is 5. The largest absolute Gasteiger partial charge is 0.354 e. The Morgan fingerprint density at radius 1 is 1.24 bits per heavy atom. The first-order valence-corrected chi connectivity index (χ1v) is 9.96. The van der Waals surface area contributed by atoms with Crippen LogP contribution in [0.2, 0.25) is 0 Å². The first-order chi connectivity index (χ1) is 11.9. The number of amides is 1. The Hall–Kier alpha value is -1.65. The second-order valence-electron chi connectivity index (χ2n) is 8.10. The van der Waals surface area contributed by atoms with Crippen LogP contribution >= 0.6 is 11.3 Å². The Labute approximate surface area is 155 Å². The van der Waals surface area contributed by atoms with Gasteiger partial charge in [-0.2, -0.15) is 11.3 Å². The summed E-state index contributed by atoms with van der Waals surface area (Å²) in [6, 6.07) is 11.1. The molecule has 25 heavy (non-hydrogen) atoms. The molecule has 1 atom stereocenters. The van der Waals surface area contributed by atoms with Crippen molar-refractivity contribution in [1.82, 2.24) is 10.2 Å². The lowest BCUT2D eigenvalue weighted by Crippen LogP contribution is -2.41. The van der Waals surface area contributed by atoms with E-state index in [-0.39, 0.29) is 17.4 Å². The van der Waals surface area contributed by atoms with Gasteiger partial charge in [-0.15, -0.1) is 0 Å². The fourth-order valence-corrected chi connectivity index (χ4v) is 4.17. The summed E-state index contributed by atoms with van der Waals surface area (Å²) >= 11 is 1.72. The van der Waals surface area contributed by atoms with Gasteiger partial charge in [0.05, 0.1) is 6.04 Å². The smallest absolute Gasteiger partial charge is 0.220 e. The van der Waals surface area contributed by atoms with Crippen molar-refractivity contribution < 1.29 is 4.79 Å². The second-order valence-corrected chi connectivity index (χ2v) is 8.88. The molecule has 0 aliphatic carbocycles. The van der Waals surface area contributed by atoms with Gasteiger partial charge in [-0.3, -0.25) is 9.69 Å². The summed E-state index contributed by atoms with van der Waals surface area (Å²) in [5.74, 6) is 0.144. The van der Waals surface area contributed by atoms with Crippen molar-refractivity contribution >= 4 is 17.2 Å². The Balaban J connectivity index is 1.70. The molecule has 4 heteroatoms. The van der Waals surface area contributed by atoms with Crippen LogP contribution in [0.5, 0.6) is 0 Å². The van der Waals surface area contributed by atoms with Gasteiger partial charge in [0, 0.05) is 26.1 Å². The van der Waals surface area contributed by atoms with E-state index in [2.05, 4.69) is 72.1 Å². The molecular weight excluding hydrogens is 328 g/mol. The minimum Gasteiger partial charge on any atom is -0.354 e. The summed E-state index contributed by atoms with van der Waals surface area (Å²) in [7, 11) is 0. The third kappa shape index (κ3) is 4.93. The molecule has 0 saturated carbocycles. The van der Waals surface area contributed by atoms with Crippen LogP contribution in [-0.4, -0.2) is 23.9 Å². The molecule has 1 aliphatic heterocycles. The molecule has 0 radical (unpaired) electrons. The average molecular weight is 357 g/mol. The maximum Gasteiger partial charge on any atom is 0.220 e. The van der Waals surface area contributed by atoms with E-state index in [1.54, 1.807) is 11.3 Å². The minimum atomic E-state index is 0.0199. The third-order valence-electron chi connectivity index (χ3n) is 4.71. The molecule has 0 bridgehead atoms. The Morgan fingerprint density at radius 3 is 2.68 bits per heavy atom. The van der Waals surface area contributed by atoms with Crippen LogP contribution in [0.3, 0.4) is 0 Å². The maximum atomic E-state index is 12.3. The summed E-state index contributed by atoms with van der Waals surface area (Å²) in [5.41, 5.74) is 4.20. The van der Waals surface area contributed by atoms with E-state index in [1.165, 1.54) is 16.7 Å². The van der Waals surface area contributed by atoms with Gasteiger partial charge in [0.25, 0.3) is 0 Å². The zero-order valence-electron chi connectivity index (χ0n) is 15.4. The highest BCUT2D eigenvalue weighted by atomic mass is 32.1. The van der Waals surface area contributed by atoms with Crippen molar-refractivity contribution in [3.8, 4) is 0 Å². The van der Waals surface area contributed by atoms with E-state index < -0.39 is 0 Å². The lowest BCUT2D eigenvalue weighted by Gasteiger charge is -2.35. The number of nitrogens with one attached hydrogen (secondary N) is 1. The predicted molar refractivity (Wildman–Crippen MR) is 105 cm³/mol. The Kier molecular flexibility index (Phi) is 5.60. The minimum absolute atomic E-state index is 0.0199. The summed E-state index contributed by atoms with van der Waals surface area (Å²) < 4.78 is 0. The predicted octanol–water partition coefficient (Wildman–Crippen LogP) is 4.40. The molecule has 1 aromatic carbocycles. The van der Waals surface area contributed by atoms with Gasteiger partial charge in [0.15, 0.2) is 0 Å². The highest BCUT2D eigenvalue weighted by molar-refractivity contribution is 7.07. The average Bonchev–Trinajstić information content (AvgIpc) is 3.07. The van der Waals surface area contributed by atoms with E-state index in [4.69, 9.17) is 0 Å². The van der Waals surface area contributed by atoms with Crippen LogP contribution in [-0.2, 0) is 17.8 Å². The van der Waals surface area contributed by atoms with Gasteiger partial charge in [0.1, 0.15) is 0 Å². The number of carbonyl (C=O) groups is 1. The van der Waals surface area contributed by atoms with Crippen LogP contribution in [0, 0.1) is 5.41 Å². The van der Waals surface area contributed by atoms with Crippen LogP contribution in [0.15, 0.2) is 41.1 Å². The number of carbonyl (C=O) groups excluding carboxylic acids is 1. The molecule has 0 spiro atoms. The van der Waals surface area contributed by atoms with Crippen molar-refractivity contribution in [2.45, 2.75) is 46.2 Å². The molecule has 1 amide bonds. The molecule has 1 aromatic heterocycles. The third-order valence-corrected chi connectivity index (χ3v) is 5.41. The molecule has 2 heterocycles. The zero-order valence-corrected chi connectivity index (χ0v) is 16.2. The van der Waals surface area contributed by atoms with Crippen LogP contribution in [0.4, 0.5) is 0 Å². The van der Waals surface area contributed by atoms with Gasteiger partial charge in [-0.1, -0.05) is 45.0 Å². The van der Waals surface area contributed by atoms with Crippen molar-refractivity contribution in [3.63, 3.8) is 0 Å². The summed E-state index contributed by atoms with van der Waals surface area (Å²) in [5, 5.41) is 7.50. The van der Waals surface area contributed by atoms with Gasteiger partial charge in [-0.25, -0.2) is 0 Å². The molecule has 0 fully saturated rings. The molecule has 134 valence electrons. The van der Waals surface area contributed by atoms with Gasteiger partial charge in [-0.05, 0) is 45.4 Å². The fraction of sp³-hybridized carbons (Fsp3) is 0.476. The van der Waals surface area contributed by atoms with E-state index in [0.717, 1.165) is 19.5 Å². The van der Waals surface area contributed by atoms with Crippen molar-refractivity contribution in [1.29, 1.82) is 0 Å². The first kappa shape index (κ1) is 18.2. The van der Waals surface area contributed by atoms with Crippen LogP contribution in [0.25, 0.3) is 0 Å². The Morgan fingerprint density at radius 2 is 2.00 bits per heavy atom. The normalized spacial score (nSPS) is 16.3. The second kappa shape index (κ2) is 7.71. The molecule has 1 aliphatic rings. The highest BCUT2D eigenvalue weighted by Crippen LogP contribution is 2.29. The maximum absolute atomic E-state index is 12.3. The molecule has 2 aromatic rings. The highest BCUT2D eigenvalue weighted by Gasteiger charge is 2.26. The number of benzene rings is 1. The molecule has 1 N–H and O–H groups in total. The van der Waals surface area contributed by atoms with Crippen molar-refractivity contribution in [2.24, 2.45) is 5.41 Å². The molecular formula is C21H28N2OS. The monoisotopic (exact) mass is 356 g/mol. The van der Waals surface area contributed by atoms with Crippen LogP contribution in [0.1, 0.15) is 49.9 Å². The fourth-order valence-electron chi connectivity index (χ4n) is 3.46. The zero-order chi connectivity index (χ0) is 17.9. The van der Waals surface area contributed by atoms with E-state index in [1.807, 2.05) is 0 Å². The lowest BCUT2D eigenvalue weighted by molar-refractivity contribution is -0.123. The molecule has 3 rings (SSSR count). The number of hydrogen-bond acceptors (Lipinski definition) is 3. The van der Waals surface area contributed by atoms with Crippen molar-refractivity contribution in [2.75, 3.05) is 13.1 Å². The molecule has 0 saturated heterocycles. The molecule has 3 nitrogen and oxygen atoms in total. The summed E-state index contributed by atoms with van der Waals surface area (Å²) in [4.78, 5) is 14.8. The Bertz CT molecular complexity index is 703. The van der Waals surface area contributed by atoms with E-state index >= 15 is 0 Å². The first-order valence-electron chi connectivity index (χ1n) is 9.02. The summed E-state index contributed by atoms with van der Waals surface area (Å²) in [6.07, 6.45) is 1.64. The van der Waals surface area contributed by atoms with Crippen LogP contribution < -0.4 is 5.32 Å². The number of fused-ring (bicyclic) bond motifs is 1. The SMILES string of the molecule is CC(C)(C)CC(=O)NCC(c1ccsc1)N1CCc2ccccc2C1. The van der Waals surface area contributed by atoms with E-state index in [9.17, 15) is 4.79 Å². The number of thiophene rings is 1. The van der Waals surface area contributed by atoms with Gasteiger partial charge >= 0.3 is 0 Å².